The van der Waals surface area contributed by atoms with Gasteiger partial charge in [-0.2, -0.15) is 0 Å². The van der Waals surface area contributed by atoms with Crippen molar-refractivity contribution in [1.29, 1.82) is 0 Å². The highest BCUT2D eigenvalue weighted by Crippen LogP contribution is 2.18. The second-order valence-corrected chi connectivity index (χ2v) is 7.75. The smallest absolute Gasteiger partial charge is 0.305 e. The Morgan fingerprint density at radius 1 is 0.963 bits per heavy atom. The molecule has 6 heteroatoms. The quantitative estimate of drug-likeness (QED) is 0.278. The standard InChI is InChI=1S/C21H40O6/c1-2-3-4-5-6-7-8-9-10-11-12-13-14-19(24)26-16-18(23)21-20(25)17(22)15-27-21/h17-18,20-23,25H,2-16H2,1H3/t17-,18-,20-,21-/m1/s1. The van der Waals surface area contributed by atoms with Gasteiger partial charge in [0.2, 0.25) is 0 Å². The summed E-state index contributed by atoms with van der Waals surface area (Å²) < 4.78 is 10.1. The fourth-order valence-electron chi connectivity index (χ4n) is 3.42. The molecule has 1 heterocycles. The van der Waals surface area contributed by atoms with Crippen molar-refractivity contribution in [2.75, 3.05) is 13.2 Å². The molecule has 27 heavy (non-hydrogen) atoms. The van der Waals surface area contributed by atoms with Gasteiger partial charge < -0.3 is 24.8 Å². The second kappa shape index (κ2) is 15.3. The highest BCUT2D eigenvalue weighted by atomic mass is 16.6. The van der Waals surface area contributed by atoms with Crippen LogP contribution in [0.5, 0.6) is 0 Å². The summed E-state index contributed by atoms with van der Waals surface area (Å²) in [6.45, 7) is 2.01. The van der Waals surface area contributed by atoms with Gasteiger partial charge in [0.15, 0.2) is 0 Å². The predicted octanol–water partition coefficient (Wildman–Crippen LogP) is 3.10. The first-order valence-electron chi connectivity index (χ1n) is 10.9. The van der Waals surface area contributed by atoms with Crippen LogP contribution in [-0.2, 0) is 14.3 Å². The van der Waals surface area contributed by atoms with Crippen molar-refractivity contribution >= 4 is 5.97 Å². The Morgan fingerprint density at radius 2 is 1.48 bits per heavy atom. The molecule has 0 bridgehead atoms. The SMILES string of the molecule is CCCCCCCCCCCCCCC(=O)OC[C@@H](O)[C@H]1OC[C@@H](O)[C@H]1O. The van der Waals surface area contributed by atoms with E-state index < -0.39 is 24.4 Å². The zero-order valence-corrected chi connectivity index (χ0v) is 17.0. The number of aliphatic hydroxyl groups is 3. The largest absolute Gasteiger partial charge is 0.463 e. The zero-order valence-electron chi connectivity index (χ0n) is 17.0. The van der Waals surface area contributed by atoms with E-state index in [4.69, 9.17) is 9.47 Å². The summed E-state index contributed by atoms with van der Waals surface area (Å²) in [5, 5.41) is 28.9. The maximum absolute atomic E-state index is 11.7. The van der Waals surface area contributed by atoms with E-state index in [2.05, 4.69) is 6.92 Å². The molecule has 0 aromatic carbocycles. The molecule has 1 rings (SSSR count). The minimum Gasteiger partial charge on any atom is -0.463 e. The van der Waals surface area contributed by atoms with Crippen molar-refractivity contribution in [1.82, 2.24) is 0 Å². The average molecular weight is 389 g/mol. The molecule has 1 saturated heterocycles. The number of unbranched alkanes of at least 4 members (excludes halogenated alkanes) is 11. The zero-order chi connectivity index (χ0) is 19.9. The summed E-state index contributed by atoms with van der Waals surface area (Å²) in [5.74, 6) is -0.339. The molecular weight excluding hydrogens is 348 g/mol. The lowest BCUT2D eigenvalue weighted by Crippen LogP contribution is -2.41. The number of ether oxygens (including phenoxy) is 2. The second-order valence-electron chi connectivity index (χ2n) is 7.75. The van der Waals surface area contributed by atoms with E-state index in [1.165, 1.54) is 57.8 Å². The van der Waals surface area contributed by atoms with E-state index in [9.17, 15) is 20.1 Å². The molecule has 0 aromatic rings. The normalized spacial score (nSPS) is 23.5. The van der Waals surface area contributed by atoms with Gasteiger partial charge in [-0.25, -0.2) is 0 Å². The van der Waals surface area contributed by atoms with Crippen molar-refractivity contribution in [2.45, 2.75) is 115 Å². The third-order valence-corrected chi connectivity index (χ3v) is 5.22. The molecule has 3 N–H and O–H groups in total. The number of carbonyl (C=O) groups excluding carboxylic acids is 1. The molecular formula is C21H40O6. The number of hydrogen-bond acceptors (Lipinski definition) is 6. The molecule has 0 radical (unpaired) electrons. The monoisotopic (exact) mass is 388 g/mol. The van der Waals surface area contributed by atoms with Crippen LogP contribution in [0, 0.1) is 0 Å². The van der Waals surface area contributed by atoms with Gasteiger partial charge in [-0.1, -0.05) is 77.6 Å². The van der Waals surface area contributed by atoms with E-state index in [0.29, 0.717) is 6.42 Å². The lowest BCUT2D eigenvalue weighted by Gasteiger charge is -2.20. The fraction of sp³-hybridized carbons (Fsp3) is 0.952. The summed E-state index contributed by atoms with van der Waals surface area (Å²) in [6.07, 6.45) is 11.1. The number of aliphatic hydroxyl groups excluding tert-OH is 3. The van der Waals surface area contributed by atoms with Crippen LogP contribution in [-0.4, -0.2) is 58.9 Å². The van der Waals surface area contributed by atoms with Crippen molar-refractivity contribution in [3.8, 4) is 0 Å². The summed E-state index contributed by atoms with van der Waals surface area (Å²) in [6, 6.07) is 0. The summed E-state index contributed by atoms with van der Waals surface area (Å²) in [7, 11) is 0. The number of carbonyl (C=O) groups is 1. The molecule has 1 aliphatic heterocycles. The van der Waals surface area contributed by atoms with Crippen molar-refractivity contribution in [3.05, 3.63) is 0 Å². The van der Waals surface area contributed by atoms with Gasteiger partial charge in [-0.05, 0) is 6.42 Å². The minimum absolute atomic E-state index is 0.0182. The van der Waals surface area contributed by atoms with Crippen LogP contribution in [0.3, 0.4) is 0 Å². The third-order valence-electron chi connectivity index (χ3n) is 5.22. The van der Waals surface area contributed by atoms with Crippen molar-refractivity contribution < 1.29 is 29.6 Å². The minimum atomic E-state index is -1.14. The molecule has 0 saturated carbocycles. The van der Waals surface area contributed by atoms with Crippen LogP contribution in [0.2, 0.25) is 0 Å². The van der Waals surface area contributed by atoms with Gasteiger partial charge in [-0.15, -0.1) is 0 Å². The molecule has 4 atom stereocenters. The van der Waals surface area contributed by atoms with Crippen molar-refractivity contribution in [3.63, 3.8) is 0 Å². The van der Waals surface area contributed by atoms with E-state index >= 15 is 0 Å². The molecule has 160 valence electrons. The van der Waals surface area contributed by atoms with Gasteiger partial charge in [0.1, 0.15) is 31.0 Å². The van der Waals surface area contributed by atoms with E-state index in [1.807, 2.05) is 0 Å². The van der Waals surface area contributed by atoms with Gasteiger partial charge in [0.05, 0.1) is 6.61 Å². The summed E-state index contributed by atoms with van der Waals surface area (Å²) >= 11 is 0. The Morgan fingerprint density at radius 3 is 1.96 bits per heavy atom. The van der Waals surface area contributed by atoms with Crippen LogP contribution < -0.4 is 0 Å². The molecule has 6 nitrogen and oxygen atoms in total. The molecule has 0 spiro atoms. The van der Waals surface area contributed by atoms with Crippen LogP contribution in [0.4, 0.5) is 0 Å². The van der Waals surface area contributed by atoms with Gasteiger partial charge in [-0.3, -0.25) is 4.79 Å². The Hall–Kier alpha value is -0.690. The summed E-state index contributed by atoms with van der Waals surface area (Å²) in [4.78, 5) is 11.7. The van der Waals surface area contributed by atoms with Gasteiger partial charge >= 0.3 is 5.97 Å². The van der Waals surface area contributed by atoms with Crippen LogP contribution >= 0.6 is 0 Å². The Balaban J connectivity index is 1.89. The topological polar surface area (TPSA) is 96.2 Å². The predicted molar refractivity (Wildman–Crippen MR) is 104 cm³/mol. The number of esters is 1. The Bertz CT molecular complexity index is 376. The first kappa shape index (κ1) is 24.3. The third kappa shape index (κ3) is 11.0. The lowest BCUT2D eigenvalue weighted by atomic mass is 10.0. The molecule has 0 aromatic heterocycles. The van der Waals surface area contributed by atoms with Crippen LogP contribution in [0.25, 0.3) is 0 Å². The molecule has 0 aliphatic carbocycles. The highest BCUT2D eigenvalue weighted by molar-refractivity contribution is 5.69. The molecule has 1 fully saturated rings. The summed E-state index contributed by atoms with van der Waals surface area (Å²) in [5.41, 5.74) is 0. The number of rotatable bonds is 16. The Kier molecular flexibility index (Phi) is 13.8. The van der Waals surface area contributed by atoms with Crippen LogP contribution in [0.15, 0.2) is 0 Å². The van der Waals surface area contributed by atoms with E-state index in [0.717, 1.165) is 19.3 Å². The van der Waals surface area contributed by atoms with Gasteiger partial charge in [0, 0.05) is 6.42 Å². The Labute approximate surface area is 164 Å². The van der Waals surface area contributed by atoms with E-state index in [1.54, 1.807) is 0 Å². The molecule has 0 unspecified atom stereocenters. The van der Waals surface area contributed by atoms with Gasteiger partial charge in [0.25, 0.3) is 0 Å². The fourth-order valence-corrected chi connectivity index (χ4v) is 3.42. The molecule has 1 aliphatic rings. The first-order chi connectivity index (χ1) is 13.1. The average Bonchev–Trinajstić information content (AvgIpc) is 2.99. The van der Waals surface area contributed by atoms with E-state index in [-0.39, 0.29) is 19.2 Å². The maximum atomic E-state index is 11.7. The van der Waals surface area contributed by atoms with Crippen molar-refractivity contribution in [2.24, 2.45) is 0 Å². The highest BCUT2D eigenvalue weighted by Gasteiger charge is 2.39. The molecule has 0 amide bonds. The first-order valence-corrected chi connectivity index (χ1v) is 10.9. The number of hydrogen-bond donors (Lipinski definition) is 3. The lowest BCUT2D eigenvalue weighted by molar-refractivity contribution is -0.151. The maximum Gasteiger partial charge on any atom is 0.305 e. The van der Waals surface area contributed by atoms with Crippen LogP contribution in [0.1, 0.15) is 90.4 Å².